The summed E-state index contributed by atoms with van der Waals surface area (Å²) in [6.45, 7) is 10.7. The smallest absolute Gasteiger partial charge is 0.138 e. The van der Waals surface area contributed by atoms with E-state index in [-0.39, 0.29) is 4.75 Å². The van der Waals surface area contributed by atoms with Gasteiger partial charge in [-0.2, -0.15) is 0 Å². The number of fused-ring (bicyclic) bond motifs is 1. The van der Waals surface area contributed by atoms with Crippen LogP contribution in [0.5, 0.6) is 0 Å². The topological polar surface area (TPSA) is 37.8 Å². The molecule has 0 aromatic carbocycles. The molecule has 0 fully saturated rings. The molecule has 1 aromatic rings. The Labute approximate surface area is 108 Å². The maximum atomic E-state index is 4.71. The van der Waals surface area contributed by atoms with Gasteiger partial charge in [0.25, 0.3) is 0 Å². The highest BCUT2D eigenvalue weighted by atomic mass is 32.2. The summed E-state index contributed by atoms with van der Waals surface area (Å²) in [6, 6.07) is 0. The Morgan fingerprint density at radius 1 is 1.29 bits per heavy atom. The first kappa shape index (κ1) is 12.8. The lowest BCUT2D eigenvalue weighted by Gasteiger charge is -2.20. The van der Waals surface area contributed by atoms with Crippen molar-refractivity contribution in [3.63, 3.8) is 0 Å². The largest absolute Gasteiger partial charge is 0.312 e. The van der Waals surface area contributed by atoms with Gasteiger partial charge in [0.1, 0.15) is 5.82 Å². The quantitative estimate of drug-likeness (QED) is 0.876. The summed E-state index contributed by atoms with van der Waals surface area (Å²) in [7, 11) is 0. The minimum Gasteiger partial charge on any atom is -0.312 e. The van der Waals surface area contributed by atoms with Gasteiger partial charge in [0.05, 0.1) is 11.4 Å². The number of hydrogen-bond acceptors (Lipinski definition) is 4. The zero-order valence-corrected chi connectivity index (χ0v) is 11.9. The minimum absolute atomic E-state index is 0.273. The molecular formula is C13H21N3S. The van der Waals surface area contributed by atoms with Crippen molar-refractivity contribution in [2.24, 2.45) is 0 Å². The number of thioether (sulfide) groups is 1. The zero-order chi connectivity index (χ0) is 12.5. The third-order valence-electron chi connectivity index (χ3n) is 2.82. The maximum absolute atomic E-state index is 4.71. The minimum atomic E-state index is 0.273. The van der Waals surface area contributed by atoms with Gasteiger partial charge in [0, 0.05) is 35.5 Å². The molecule has 1 aliphatic heterocycles. The molecule has 2 heterocycles. The Bertz CT molecular complexity index is 410. The fourth-order valence-electron chi connectivity index (χ4n) is 1.92. The Balaban J connectivity index is 2.16. The van der Waals surface area contributed by atoms with Gasteiger partial charge < -0.3 is 5.32 Å². The second kappa shape index (κ2) is 4.94. The van der Waals surface area contributed by atoms with Crippen LogP contribution in [0.3, 0.4) is 0 Å². The van der Waals surface area contributed by atoms with E-state index in [1.54, 1.807) is 0 Å². The van der Waals surface area contributed by atoms with E-state index in [2.05, 4.69) is 38.0 Å². The summed E-state index contributed by atoms with van der Waals surface area (Å²) >= 11 is 1.91. The molecule has 0 amide bonds. The molecule has 1 aliphatic rings. The Hall–Kier alpha value is -0.610. The molecule has 1 aromatic heterocycles. The van der Waals surface area contributed by atoms with Crippen molar-refractivity contribution in [1.29, 1.82) is 0 Å². The Morgan fingerprint density at radius 2 is 2.06 bits per heavy atom. The molecule has 2 rings (SSSR count). The van der Waals surface area contributed by atoms with Crippen LogP contribution in [-0.2, 0) is 18.7 Å². The van der Waals surface area contributed by atoms with Crippen molar-refractivity contribution < 1.29 is 0 Å². The molecule has 0 aliphatic carbocycles. The van der Waals surface area contributed by atoms with E-state index < -0.39 is 0 Å². The number of rotatable bonds is 2. The van der Waals surface area contributed by atoms with E-state index in [4.69, 9.17) is 4.98 Å². The Morgan fingerprint density at radius 3 is 2.76 bits per heavy atom. The number of aromatic nitrogens is 2. The van der Waals surface area contributed by atoms with Gasteiger partial charge in [0.15, 0.2) is 0 Å². The van der Waals surface area contributed by atoms with Gasteiger partial charge in [0.2, 0.25) is 0 Å². The van der Waals surface area contributed by atoms with E-state index in [1.165, 1.54) is 11.3 Å². The van der Waals surface area contributed by atoms with Gasteiger partial charge >= 0.3 is 0 Å². The standard InChI is InChI=1S/C13H21N3S/c1-9-10-7-14-6-5-11(10)16-12(15-9)8-17-13(2,3)4/h14H,5-8H2,1-4H3. The molecule has 0 saturated carbocycles. The second-order valence-electron chi connectivity index (χ2n) is 5.48. The molecule has 0 radical (unpaired) electrons. The fraction of sp³-hybridized carbons (Fsp3) is 0.692. The molecule has 3 nitrogen and oxygen atoms in total. The lowest BCUT2D eigenvalue weighted by atomic mass is 10.1. The van der Waals surface area contributed by atoms with E-state index in [9.17, 15) is 0 Å². The summed E-state index contributed by atoms with van der Waals surface area (Å²) < 4.78 is 0.273. The van der Waals surface area contributed by atoms with Crippen molar-refractivity contribution in [2.75, 3.05) is 6.54 Å². The second-order valence-corrected chi connectivity index (χ2v) is 7.28. The summed E-state index contributed by atoms with van der Waals surface area (Å²) in [5, 5.41) is 3.37. The molecule has 0 saturated heterocycles. The zero-order valence-electron chi connectivity index (χ0n) is 11.1. The van der Waals surface area contributed by atoms with Crippen LogP contribution in [0.2, 0.25) is 0 Å². The lowest BCUT2D eigenvalue weighted by Crippen LogP contribution is -2.26. The predicted molar refractivity (Wildman–Crippen MR) is 73.2 cm³/mol. The van der Waals surface area contributed by atoms with E-state index in [0.29, 0.717) is 0 Å². The van der Waals surface area contributed by atoms with Crippen molar-refractivity contribution in [2.45, 2.75) is 51.2 Å². The van der Waals surface area contributed by atoms with Gasteiger partial charge in [-0.1, -0.05) is 20.8 Å². The molecule has 0 bridgehead atoms. The van der Waals surface area contributed by atoms with Crippen LogP contribution in [0.4, 0.5) is 0 Å². The van der Waals surface area contributed by atoms with Gasteiger partial charge in [-0.25, -0.2) is 9.97 Å². The predicted octanol–water partition coefficient (Wildman–Crippen LogP) is 2.46. The van der Waals surface area contributed by atoms with E-state index in [1.807, 2.05) is 11.8 Å². The number of nitrogens with zero attached hydrogens (tertiary/aromatic N) is 2. The molecule has 17 heavy (non-hydrogen) atoms. The van der Waals surface area contributed by atoms with E-state index in [0.717, 1.165) is 36.8 Å². The van der Waals surface area contributed by atoms with Gasteiger partial charge in [-0.05, 0) is 6.92 Å². The average Bonchev–Trinajstić information content (AvgIpc) is 2.26. The van der Waals surface area contributed by atoms with Crippen molar-refractivity contribution >= 4 is 11.8 Å². The van der Waals surface area contributed by atoms with Crippen LogP contribution in [0.25, 0.3) is 0 Å². The fourth-order valence-corrected chi connectivity index (χ4v) is 2.61. The molecule has 94 valence electrons. The van der Waals surface area contributed by atoms with Crippen LogP contribution in [0, 0.1) is 6.92 Å². The highest BCUT2D eigenvalue weighted by molar-refractivity contribution is 7.99. The molecule has 4 heteroatoms. The summed E-state index contributed by atoms with van der Waals surface area (Å²) in [6.07, 6.45) is 1.03. The SMILES string of the molecule is Cc1nc(CSC(C)(C)C)nc2c1CNCC2. The maximum Gasteiger partial charge on any atom is 0.138 e. The molecule has 0 spiro atoms. The van der Waals surface area contributed by atoms with Crippen molar-refractivity contribution in [1.82, 2.24) is 15.3 Å². The van der Waals surface area contributed by atoms with Gasteiger partial charge in [-0.3, -0.25) is 0 Å². The van der Waals surface area contributed by atoms with Crippen molar-refractivity contribution in [3.8, 4) is 0 Å². The first-order chi connectivity index (χ1) is 7.96. The van der Waals surface area contributed by atoms with Crippen molar-refractivity contribution in [3.05, 3.63) is 22.8 Å². The Kier molecular flexibility index (Phi) is 3.73. The highest BCUT2D eigenvalue weighted by Crippen LogP contribution is 2.26. The highest BCUT2D eigenvalue weighted by Gasteiger charge is 2.17. The summed E-state index contributed by atoms with van der Waals surface area (Å²) in [4.78, 5) is 9.32. The van der Waals surface area contributed by atoms with Crippen LogP contribution >= 0.6 is 11.8 Å². The number of aryl methyl sites for hydroxylation is 1. The third-order valence-corrected chi connectivity index (χ3v) is 4.09. The van der Waals surface area contributed by atoms with Crippen LogP contribution in [0.1, 0.15) is 43.5 Å². The normalized spacial score (nSPS) is 15.8. The first-order valence-corrected chi connectivity index (χ1v) is 7.14. The molecular weight excluding hydrogens is 230 g/mol. The van der Waals surface area contributed by atoms with Crippen LogP contribution < -0.4 is 5.32 Å². The van der Waals surface area contributed by atoms with Crippen LogP contribution in [-0.4, -0.2) is 21.3 Å². The number of hydrogen-bond donors (Lipinski definition) is 1. The molecule has 1 N–H and O–H groups in total. The lowest BCUT2D eigenvalue weighted by molar-refractivity contribution is 0.617. The van der Waals surface area contributed by atoms with Crippen LogP contribution in [0.15, 0.2) is 0 Å². The number of nitrogens with one attached hydrogen (secondary N) is 1. The average molecular weight is 251 g/mol. The monoisotopic (exact) mass is 251 g/mol. The summed E-state index contributed by atoms with van der Waals surface area (Å²) in [5.41, 5.74) is 3.70. The molecule has 0 atom stereocenters. The summed E-state index contributed by atoms with van der Waals surface area (Å²) in [5.74, 6) is 1.90. The first-order valence-electron chi connectivity index (χ1n) is 6.15. The van der Waals surface area contributed by atoms with Gasteiger partial charge in [-0.15, -0.1) is 11.8 Å². The third kappa shape index (κ3) is 3.42. The molecule has 0 unspecified atom stereocenters. The van der Waals surface area contributed by atoms with E-state index >= 15 is 0 Å².